The summed E-state index contributed by atoms with van der Waals surface area (Å²) >= 11 is 0. The Labute approximate surface area is 211 Å². The molecular weight excluding hydrogens is 456 g/mol. The zero-order valence-corrected chi connectivity index (χ0v) is 20.9. The van der Waals surface area contributed by atoms with Gasteiger partial charge in [0.1, 0.15) is 17.3 Å². The molecule has 3 aromatic rings. The number of likely N-dealkylation sites (tertiary alicyclic amines) is 1. The number of aromatic nitrogens is 1. The Hall–Kier alpha value is -4.13. The maximum Gasteiger partial charge on any atom is 0.295 e. The van der Waals surface area contributed by atoms with Crippen LogP contribution in [0.5, 0.6) is 11.5 Å². The average molecular weight is 487 g/mol. The van der Waals surface area contributed by atoms with E-state index in [-0.39, 0.29) is 17.9 Å². The number of amides is 1. The number of aliphatic hydroxyl groups is 1. The minimum Gasteiger partial charge on any atom is -0.507 e. The fourth-order valence-corrected chi connectivity index (χ4v) is 4.46. The molecule has 1 amide bonds. The van der Waals surface area contributed by atoms with Crippen LogP contribution in [0.3, 0.4) is 0 Å². The number of benzene rings is 2. The zero-order chi connectivity index (χ0) is 25.8. The normalized spacial score (nSPS) is 16.9. The standard InChI is InChI=1S/C29H30N2O5/c1-5-35-22-11-12-23(24(15-22)36-6-2)27(32)25-26(20-8-7-13-30-16-20)31(29(34)28(25)33)17-21-14-18(3)9-10-19(21)4/h7-16,26,32H,5-6,17H2,1-4H3/b27-25-. The molecule has 7 heteroatoms. The van der Waals surface area contributed by atoms with E-state index in [0.717, 1.165) is 16.7 Å². The van der Waals surface area contributed by atoms with E-state index >= 15 is 0 Å². The van der Waals surface area contributed by atoms with Crippen LogP contribution in [0.25, 0.3) is 5.76 Å². The van der Waals surface area contributed by atoms with Crippen molar-refractivity contribution in [1.29, 1.82) is 0 Å². The van der Waals surface area contributed by atoms with E-state index < -0.39 is 17.7 Å². The van der Waals surface area contributed by atoms with E-state index in [0.29, 0.717) is 35.8 Å². The van der Waals surface area contributed by atoms with E-state index in [2.05, 4.69) is 4.98 Å². The van der Waals surface area contributed by atoms with Crippen molar-refractivity contribution >= 4 is 17.4 Å². The van der Waals surface area contributed by atoms with Crippen molar-refractivity contribution in [2.45, 2.75) is 40.3 Å². The third kappa shape index (κ3) is 4.82. The molecule has 1 aliphatic heterocycles. The number of Topliss-reactive ketones (excluding diaryl/α,β-unsaturated/α-hetero) is 1. The molecule has 1 aliphatic rings. The molecule has 186 valence electrons. The molecule has 0 aliphatic carbocycles. The summed E-state index contributed by atoms with van der Waals surface area (Å²) < 4.78 is 11.3. The lowest BCUT2D eigenvalue weighted by Gasteiger charge is -2.26. The van der Waals surface area contributed by atoms with Gasteiger partial charge in [0.15, 0.2) is 0 Å². The Bertz CT molecular complexity index is 1320. The second kappa shape index (κ2) is 10.6. The summed E-state index contributed by atoms with van der Waals surface area (Å²) in [7, 11) is 0. The van der Waals surface area contributed by atoms with Crippen LogP contribution in [0.4, 0.5) is 0 Å². The minimum absolute atomic E-state index is 0.00317. The van der Waals surface area contributed by atoms with Gasteiger partial charge in [-0.15, -0.1) is 0 Å². The van der Waals surface area contributed by atoms with Crippen LogP contribution < -0.4 is 9.47 Å². The summed E-state index contributed by atoms with van der Waals surface area (Å²) in [5, 5.41) is 11.5. The maximum atomic E-state index is 13.4. The predicted molar refractivity (Wildman–Crippen MR) is 137 cm³/mol. The Morgan fingerprint density at radius 2 is 1.81 bits per heavy atom. The largest absolute Gasteiger partial charge is 0.507 e. The van der Waals surface area contributed by atoms with Crippen LogP contribution in [0.1, 0.15) is 47.7 Å². The number of aliphatic hydroxyl groups excluding tert-OH is 1. The van der Waals surface area contributed by atoms with Crippen molar-refractivity contribution in [2.75, 3.05) is 13.2 Å². The lowest BCUT2D eigenvalue weighted by Crippen LogP contribution is -2.29. The smallest absolute Gasteiger partial charge is 0.295 e. The van der Waals surface area contributed by atoms with E-state index in [1.165, 1.54) is 4.90 Å². The van der Waals surface area contributed by atoms with Gasteiger partial charge in [-0.2, -0.15) is 0 Å². The van der Waals surface area contributed by atoms with Gasteiger partial charge in [0, 0.05) is 25.0 Å². The lowest BCUT2D eigenvalue weighted by molar-refractivity contribution is -0.140. The molecule has 2 aromatic carbocycles. The molecule has 4 rings (SSSR count). The molecule has 0 spiro atoms. The molecule has 1 fully saturated rings. The first kappa shape index (κ1) is 25.0. The first-order chi connectivity index (χ1) is 17.3. The van der Waals surface area contributed by atoms with Gasteiger partial charge in [0.2, 0.25) is 0 Å². The van der Waals surface area contributed by atoms with E-state index in [9.17, 15) is 14.7 Å². The number of carbonyl (C=O) groups excluding carboxylic acids is 2. The minimum atomic E-state index is -0.806. The van der Waals surface area contributed by atoms with Crippen LogP contribution >= 0.6 is 0 Å². The van der Waals surface area contributed by atoms with Crippen LogP contribution in [-0.4, -0.2) is 39.9 Å². The Morgan fingerprint density at radius 3 is 2.50 bits per heavy atom. The summed E-state index contributed by atoms with van der Waals surface area (Å²) in [6.07, 6.45) is 3.24. The molecule has 1 N–H and O–H groups in total. The Kier molecular flexibility index (Phi) is 7.38. The highest BCUT2D eigenvalue weighted by molar-refractivity contribution is 6.46. The third-order valence-corrected chi connectivity index (χ3v) is 6.20. The summed E-state index contributed by atoms with van der Waals surface area (Å²) in [5.74, 6) is -0.765. The van der Waals surface area contributed by atoms with E-state index in [4.69, 9.17) is 9.47 Å². The number of nitrogens with zero attached hydrogens (tertiary/aromatic N) is 2. The first-order valence-electron chi connectivity index (χ1n) is 12.0. The number of hydrogen-bond donors (Lipinski definition) is 1. The number of rotatable bonds is 8. The lowest BCUT2D eigenvalue weighted by atomic mass is 9.95. The highest BCUT2D eigenvalue weighted by Crippen LogP contribution is 2.42. The maximum absolute atomic E-state index is 13.4. The topological polar surface area (TPSA) is 89.0 Å². The van der Waals surface area contributed by atoms with Crippen molar-refractivity contribution < 1.29 is 24.2 Å². The molecule has 1 saturated heterocycles. The molecule has 0 saturated carbocycles. The van der Waals surface area contributed by atoms with Crippen molar-refractivity contribution in [1.82, 2.24) is 9.88 Å². The molecule has 1 atom stereocenters. The van der Waals surface area contributed by atoms with Gasteiger partial charge in [-0.3, -0.25) is 14.6 Å². The highest BCUT2D eigenvalue weighted by atomic mass is 16.5. The predicted octanol–water partition coefficient (Wildman–Crippen LogP) is 5.12. The van der Waals surface area contributed by atoms with Gasteiger partial charge in [0.05, 0.1) is 30.4 Å². The Morgan fingerprint density at radius 1 is 1.03 bits per heavy atom. The molecular formula is C29H30N2O5. The number of aryl methyl sites for hydroxylation is 2. The Balaban J connectivity index is 1.87. The zero-order valence-electron chi connectivity index (χ0n) is 20.9. The summed E-state index contributed by atoms with van der Waals surface area (Å²) in [6.45, 7) is 8.70. The van der Waals surface area contributed by atoms with Crippen LogP contribution in [0.2, 0.25) is 0 Å². The van der Waals surface area contributed by atoms with Crippen molar-refractivity contribution in [3.05, 3.63) is 94.3 Å². The quantitative estimate of drug-likeness (QED) is 0.270. The van der Waals surface area contributed by atoms with Crippen LogP contribution in [-0.2, 0) is 16.1 Å². The van der Waals surface area contributed by atoms with E-state index in [1.54, 1.807) is 42.7 Å². The summed E-state index contributed by atoms with van der Waals surface area (Å²) in [6, 6.07) is 13.8. The second-order valence-corrected chi connectivity index (χ2v) is 8.67. The third-order valence-electron chi connectivity index (χ3n) is 6.20. The van der Waals surface area contributed by atoms with Crippen LogP contribution in [0, 0.1) is 13.8 Å². The fourth-order valence-electron chi connectivity index (χ4n) is 4.46. The van der Waals surface area contributed by atoms with Gasteiger partial charge in [-0.1, -0.05) is 29.8 Å². The molecule has 1 aromatic heterocycles. The van der Waals surface area contributed by atoms with Gasteiger partial charge >= 0.3 is 0 Å². The molecule has 36 heavy (non-hydrogen) atoms. The monoisotopic (exact) mass is 486 g/mol. The molecule has 7 nitrogen and oxygen atoms in total. The fraction of sp³-hybridized carbons (Fsp3) is 0.276. The van der Waals surface area contributed by atoms with Crippen molar-refractivity contribution in [3.8, 4) is 11.5 Å². The molecule has 0 bridgehead atoms. The van der Waals surface area contributed by atoms with Crippen molar-refractivity contribution in [3.63, 3.8) is 0 Å². The summed E-state index contributed by atoms with van der Waals surface area (Å²) in [5.41, 5.74) is 3.95. The van der Waals surface area contributed by atoms with Gasteiger partial charge < -0.3 is 19.5 Å². The van der Waals surface area contributed by atoms with E-state index in [1.807, 2.05) is 45.9 Å². The number of ether oxygens (including phenoxy) is 2. The number of pyridine rings is 1. The van der Waals surface area contributed by atoms with Crippen LogP contribution in [0.15, 0.2) is 66.5 Å². The average Bonchev–Trinajstić information content (AvgIpc) is 3.12. The first-order valence-corrected chi connectivity index (χ1v) is 12.0. The second-order valence-electron chi connectivity index (χ2n) is 8.67. The van der Waals surface area contributed by atoms with Gasteiger partial charge in [-0.25, -0.2) is 0 Å². The number of ketones is 1. The SMILES string of the molecule is CCOc1ccc(/C(O)=C2/C(=O)C(=O)N(Cc3cc(C)ccc3C)C2c2cccnc2)c(OCC)c1. The van der Waals surface area contributed by atoms with Gasteiger partial charge in [0.25, 0.3) is 11.7 Å². The molecule has 0 radical (unpaired) electrons. The number of hydrogen-bond acceptors (Lipinski definition) is 6. The highest BCUT2D eigenvalue weighted by Gasteiger charge is 2.46. The summed E-state index contributed by atoms with van der Waals surface area (Å²) in [4.78, 5) is 32.5. The van der Waals surface area contributed by atoms with Crippen molar-refractivity contribution in [2.24, 2.45) is 0 Å². The molecule has 1 unspecified atom stereocenters. The van der Waals surface area contributed by atoms with Gasteiger partial charge in [-0.05, 0) is 62.6 Å². The number of carbonyl (C=O) groups is 2. The molecule has 2 heterocycles.